The number of benzene rings is 1. The molecule has 1 amide bonds. The van der Waals surface area contributed by atoms with Crippen LogP contribution in [0.2, 0.25) is 0 Å². The molecule has 6 nitrogen and oxygen atoms in total. The minimum atomic E-state index is -3.44. The molecule has 1 aromatic carbocycles. The molecule has 0 unspecified atom stereocenters. The summed E-state index contributed by atoms with van der Waals surface area (Å²) in [6.45, 7) is 0.693. The highest BCUT2D eigenvalue weighted by molar-refractivity contribution is 7.91. The third kappa shape index (κ3) is 4.12. The Morgan fingerprint density at radius 3 is 2.50 bits per heavy atom. The van der Waals surface area contributed by atoms with E-state index in [1.165, 1.54) is 15.6 Å². The van der Waals surface area contributed by atoms with Gasteiger partial charge in [-0.05, 0) is 42.0 Å². The number of nitriles is 1. The number of anilines is 1. The molecule has 0 radical (unpaired) electrons. The largest absolute Gasteiger partial charge is 0.326 e. The summed E-state index contributed by atoms with van der Waals surface area (Å²) in [6, 6.07) is 12.6. The number of nitrogens with one attached hydrogen (secondary N) is 1. The van der Waals surface area contributed by atoms with Gasteiger partial charge in [-0.3, -0.25) is 4.79 Å². The zero-order valence-corrected chi connectivity index (χ0v) is 15.7. The highest BCUT2D eigenvalue weighted by Gasteiger charge is 2.32. The van der Waals surface area contributed by atoms with E-state index in [9.17, 15) is 13.2 Å². The average molecular weight is 390 g/mol. The van der Waals surface area contributed by atoms with Crippen LogP contribution in [0.3, 0.4) is 0 Å². The van der Waals surface area contributed by atoms with Crippen LogP contribution in [0.5, 0.6) is 0 Å². The van der Waals surface area contributed by atoms with Gasteiger partial charge < -0.3 is 5.32 Å². The lowest BCUT2D eigenvalue weighted by molar-refractivity contribution is -0.120. The van der Waals surface area contributed by atoms with Gasteiger partial charge in [0.25, 0.3) is 10.0 Å². The summed E-state index contributed by atoms with van der Waals surface area (Å²) >= 11 is 1.21. The fourth-order valence-electron chi connectivity index (χ4n) is 2.94. The number of amides is 1. The second kappa shape index (κ2) is 7.99. The van der Waals surface area contributed by atoms with Crippen LogP contribution in [-0.2, 0) is 21.2 Å². The number of nitrogens with zero attached hydrogens (tertiary/aromatic N) is 2. The van der Waals surface area contributed by atoms with Crippen LogP contribution in [0.4, 0.5) is 5.69 Å². The minimum Gasteiger partial charge on any atom is -0.326 e. The smallest absolute Gasteiger partial charge is 0.252 e. The zero-order chi connectivity index (χ0) is 18.6. The molecule has 1 aliphatic heterocycles. The first-order chi connectivity index (χ1) is 12.5. The fraction of sp³-hybridized carbons (Fsp3) is 0.333. The SMILES string of the molecule is N#CCc1ccc(NC(=O)C2CCN(S(=O)(=O)c3cccs3)CC2)cc1. The molecule has 1 saturated heterocycles. The lowest BCUT2D eigenvalue weighted by Crippen LogP contribution is -2.41. The van der Waals surface area contributed by atoms with E-state index in [2.05, 4.69) is 11.4 Å². The van der Waals surface area contributed by atoms with E-state index in [0.29, 0.717) is 42.2 Å². The van der Waals surface area contributed by atoms with Gasteiger partial charge in [0.05, 0.1) is 12.5 Å². The molecule has 1 aliphatic rings. The molecule has 0 bridgehead atoms. The molecule has 1 fully saturated rings. The number of sulfonamides is 1. The summed E-state index contributed by atoms with van der Waals surface area (Å²) in [5, 5.41) is 13.3. The van der Waals surface area contributed by atoms with E-state index in [1.807, 2.05) is 12.1 Å². The van der Waals surface area contributed by atoms with Crippen molar-refractivity contribution in [3.05, 3.63) is 47.3 Å². The molecule has 0 saturated carbocycles. The van der Waals surface area contributed by atoms with Crippen molar-refractivity contribution >= 4 is 33.0 Å². The standard InChI is InChI=1S/C18H19N3O3S2/c19-10-7-14-3-5-16(6-4-14)20-18(22)15-8-11-21(12-9-15)26(23,24)17-2-1-13-25-17/h1-6,13,15H,7-9,11-12H2,(H,20,22). The van der Waals surface area contributed by atoms with E-state index in [1.54, 1.807) is 29.6 Å². The maximum atomic E-state index is 12.5. The van der Waals surface area contributed by atoms with Crippen LogP contribution in [0.15, 0.2) is 46.0 Å². The Balaban J connectivity index is 1.56. The Hall–Kier alpha value is -2.21. The van der Waals surface area contributed by atoms with Crippen molar-refractivity contribution in [1.82, 2.24) is 4.31 Å². The zero-order valence-electron chi connectivity index (χ0n) is 14.1. The van der Waals surface area contributed by atoms with Crippen molar-refractivity contribution in [3.8, 4) is 6.07 Å². The number of carbonyl (C=O) groups excluding carboxylic acids is 1. The first kappa shape index (κ1) is 18.6. The lowest BCUT2D eigenvalue weighted by atomic mass is 9.97. The van der Waals surface area contributed by atoms with Gasteiger partial charge in [0.2, 0.25) is 5.91 Å². The monoisotopic (exact) mass is 389 g/mol. The molecule has 0 atom stereocenters. The van der Waals surface area contributed by atoms with Crippen LogP contribution >= 0.6 is 11.3 Å². The highest BCUT2D eigenvalue weighted by atomic mass is 32.2. The van der Waals surface area contributed by atoms with Gasteiger partial charge in [0, 0.05) is 24.7 Å². The minimum absolute atomic E-state index is 0.0915. The third-order valence-electron chi connectivity index (χ3n) is 4.42. The van der Waals surface area contributed by atoms with Gasteiger partial charge in [-0.1, -0.05) is 18.2 Å². The number of hydrogen-bond donors (Lipinski definition) is 1. The predicted octanol–water partition coefficient (Wildman–Crippen LogP) is 2.85. The number of hydrogen-bond acceptors (Lipinski definition) is 5. The van der Waals surface area contributed by atoms with Crippen LogP contribution in [0.1, 0.15) is 18.4 Å². The highest BCUT2D eigenvalue weighted by Crippen LogP contribution is 2.27. The van der Waals surface area contributed by atoms with Crippen molar-refractivity contribution in [1.29, 1.82) is 5.26 Å². The summed E-state index contributed by atoms with van der Waals surface area (Å²) < 4.78 is 26.8. The van der Waals surface area contributed by atoms with E-state index in [4.69, 9.17) is 5.26 Å². The molecule has 26 heavy (non-hydrogen) atoms. The molecule has 2 heterocycles. The second-order valence-corrected chi connectivity index (χ2v) is 9.24. The van der Waals surface area contributed by atoms with E-state index < -0.39 is 10.0 Å². The molecule has 2 aromatic rings. The maximum absolute atomic E-state index is 12.5. The van der Waals surface area contributed by atoms with Gasteiger partial charge in [-0.25, -0.2) is 8.42 Å². The number of rotatable bonds is 5. The molecule has 136 valence electrons. The Morgan fingerprint density at radius 1 is 1.23 bits per heavy atom. The molecular weight excluding hydrogens is 370 g/mol. The van der Waals surface area contributed by atoms with Crippen LogP contribution in [0, 0.1) is 17.2 Å². The van der Waals surface area contributed by atoms with Crippen molar-refractivity contribution in [3.63, 3.8) is 0 Å². The van der Waals surface area contributed by atoms with Crippen molar-refractivity contribution < 1.29 is 13.2 Å². The molecule has 3 rings (SSSR count). The Labute approximate surface area is 157 Å². The first-order valence-corrected chi connectivity index (χ1v) is 10.6. The van der Waals surface area contributed by atoms with Gasteiger partial charge in [0.1, 0.15) is 4.21 Å². The summed E-state index contributed by atoms with van der Waals surface area (Å²) in [4.78, 5) is 12.4. The quantitative estimate of drug-likeness (QED) is 0.851. The molecule has 0 aliphatic carbocycles. The molecule has 0 spiro atoms. The molecule has 1 N–H and O–H groups in total. The summed E-state index contributed by atoms with van der Waals surface area (Å²) in [7, 11) is -3.44. The summed E-state index contributed by atoms with van der Waals surface area (Å²) in [5.41, 5.74) is 1.59. The Morgan fingerprint density at radius 2 is 1.92 bits per heavy atom. The maximum Gasteiger partial charge on any atom is 0.252 e. The van der Waals surface area contributed by atoms with Crippen LogP contribution < -0.4 is 5.32 Å². The van der Waals surface area contributed by atoms with E-state index in [-0.39, 0.29) is 11.8 Å². The fourth-order valence-corrected chi connectivity index (χ4v) is 5.55. The number of thiophene rings is 1. The van der Waals surface area contributed by atoms with Gasteiger partial charge in [-0.15, -0.1) is 11.3 Å². The van der Waals surface area contributed by atoms with Gasteiger partial charge in [-0.2, -0.15) is 9.57 Å². The predicted molar refractivity (Wildman–Crippen MR) is 100 cm³/mol. The van der Waals surface area contributed by atoms with Crippen LogP contribution in [0.25, 0.3) is 0 Å². The molecule has 1 aromatic heterocycles. The Kier molecular flexibility index (Phi) is 5.71. The summed E-state index contributed by atoms with van der Waals surface area (Å²) in [6.07, 6.45) is 1.34. The van der Waals surface area contributed by atoms with Crippen molar-refractivity contribution in [2.75, 3.05) is 18.4 Å². The second-order valence-electron chi connectivity index (χ2n) is 6.13. The Bertz CT molecular complexity index is 892. The number of piperidine rings is 1. The molecule has 8 heteroatoms. The van der Waals surface area contributed by atoms with Crippen LogP contribution in [-0.4, -0.2) is 31.7 Å². The van der Waals surface area contributed by atoms with Crippen molar-refractivity contribution in [2.24, 2.45) is 5.92 Å². The normalized spacial score (nSPS) is 16.1. The summed E-state index contributed by atoms with van der Waals surface area (Å²) in [5.74, 6) is -0.297. The topological polar surface area (TPSA) is 90.3 Å². The first-order valence-electron chi connectivity index (χ1n) is 8.31. The van der Waals surface area contributed by atoms with E-state index >= 15 is 0 Å². The van der Waals surface area contributed by atoms with Gasteiger partial charge >= 0.3 is 0 Å². The van der Waals surface area contributed by atoms with Gasteiger partial charge in [0.15, 0.2) is 0 Å². The number of carbonyl (C=O) groups is 1. The van der Waals surface area contributed by atoms with E-state index in [0.717, 1.165) is 5.56 Å². The lowest BCUT2D eigenvalue weighted by Gasteiger charge is -2.30. The molecular formula is C18H19N3O3S2. The average Bonchev–Trinajstić information content (AvgIpc) is 3.19. The third-order valence-corrected chi connectivity index (χ3v) is 7.69. The van der Waals surface area contributed by atoms with Crippen molar-refractivity contribution in [2.45, 2.75) is 23.5 Å².